The molecule has 206 valence electrons. The van der Waals surface area contributed by atoms with Gasteiger partial charge in [-0.2, -0.15) is 0 Å². The molecule has 0 aliphatic carbocycles. The number of amides is 1. The molecule has 2 heterocycles. The van der Waals surface area contributed by atoms with Crippen LogP contribution in [0.1, 0.15) is 43.5 Å². The summed E-state index contributed by atoms with van der Waals surface area (Å²) in [6.07, 6.45) is 3.13. The Balaban J connectivity index is 0.00000400. The SMILES string of the molecule is CCN(CC)CCN(C(=O)c1ccc(N2CCCCC2)c([N+](=O)[O-])c1)c1nc2c(OC)ccc(Cl)c2s1.Cl. The first kappa shape index (κ1) is 29.9. The zero-order chi connectivity index (χ0) is 26.5. The predicted molar refractivity (Wildman–Crippen MR) is 157 cm³/mol. The first-order valence-electron chi connectivity index (χ1n) is 12.6. The second-order valence-corrected chi connectivity index (χ2v) is 10.3. The van der Waals surface area contributed by atoms with Gasteiger partial charge in [-0.15, -0.1) is 12.4 Å². The van der Waals surface area contributed by atoms with Crippen LogP contribution in [-0.2, 0) is 0 Å². The second-order valence-electron chi connectivity index (χ2n) is 8.92. The van der Waals surface area contributed by atoms with Crippen molar-refractivity contribution in [1.82, 2.24) is 9.88 Å². The average Bonchev–Trinajstić information content (AvgIpc) is 3.37. The Morgan fingerprint density at radius 3 is 2.50 bits per heavy atom. The second kappa shape index (κ2) is 13.4. The van der Waals surface area contributed by atoms with E-state index in [2.05, 4.69) is 18.7 Å². The Labute approximate surface area is 237 Å². The van der Waals surface area contributed by atoms with Crippen LogP contribution < -0.4 is 14.5 Å². The van der Waals surface area contributed by atoms with E-state index in [9.17, 15) is 14.9 Å². The van der Waals surface area contributed by atoms with Crippen LogP contribution in [0.2, 0.25) is 5.02 Å². The molecule has 3 aromatic rings. The van der Waals surface area contributed by atoms with E-state index in [0.29, 0.717) is 40.2 Å². The summed E-state index contributed by atoms with van der Waals surface area (Å²) in [4.78, 5) is 36.1. The highest BCUT2D eigenvalue weighted by atomic mass is 35.5. The first-order chi connectivity index (χ1) is 17.9. The minimum Gasteiger partial charge on any atom is -0.494 e. The number of rotatable bonds is 10. The maximum absolute atomic E-state index is 13.9. The monoisotopic (exact) mass is 581 g/mol. The quantitative estimate of drug-likeness (QED) is 0.206. The smallest absolute Gasteiger partial charge is 0.293 e. The van der Waals surface area contributed by atoms with Crippen LogP contribution in [0.4, 0.5) is 16.5 Å². The fraction of sp³-hybridized carbons (Fsp3) is 0.462. The number of methoxy groups -OCH3 is 1. The molecule has 1 amide bonds. The number of likely N-dealkylation sites (N-methyl/N-ethyl adjacent to an activating group) is 1. The van der Waals surface area contributed by atoms with Gasteiger partial charge in [0.25, 0.3) is 11.6 Å². The van der Waals surface area contributed by atoms with Gasteiger partial charge in [0.05, 0.1) is 21.8 Å². The minimum absolute atomic E-state index is 0. The largest absolute Gasteiger partial charge is 0.494 e. The topological polar surface area (TPSA) is 92.0 Å². The number of hydrogen-bond acceptors (Lipinski definition) is 8. The Morgan fingerprint density at radius 2 is 1.87 bits per heavy atom. The molecule has 1 aromatic heterocycles. The standard InChI is InChI=1S/C26H32ClN5O4S.ClH/c1-4-29(5-2)15-16-31(26-28-23-22(36-3)12-10-19(27)24(23)37-26)25(33)18-9-11-20(21(17-18)32(34)35)30-13-7-6-8-14-30;/h9-12,17H,4-8,13-16H2,1-3H3;1H. The van der Waals surface area contributed by atoms with Crippen molar-refractivity contribution in [3.8, 4) is 5.75 Å². The Morgan fingerprint density at radius 1 is 1.16 bits per heavy atom. The van der Waals surface area contributed by atoms with Crippen molar-refractivity contribution in [2.24, 2.45) is 0 Å². The normalized spacial score (nSPS) is 13.4. The third-order valence-electron chi connectivity index (χ3n) is 6.79. The van der Waals surface area contributed by atoms with Crippen LogP contribution in [0.15, 0.2) is 30.3 Å². The number of carbonyl (C=O) groups is 1. The van der Waals surface area contributed by atoms with E-state index < -0.39 is 4.92 Å². The van der Waals surface area contributed by atoms with Crippen LogP contribution in [-0.4, -0.2) is 67.1 Å². The molecule has 2 aromatic carbocycles. The van der Waals surface area contributed by atoms with Gasteiger partial charge in [-0.3, -0.25) is 19.8 Å². The lowest BCUT2D eigenvalue weighted by molar-refractivity contribution is -0.384. The third-order valence-corrected chi connectivity index (χ3v) is 8.33. The van der Waals surface area contributed by atoms with Crippen molar-refractivity contribution < 1.29 is 14.5 Å². The number of fused-ring (bicyclic) bond motifs is 1. The molecule has 1 fully saturated rings. The Kier molecular flexibility index (Phi) is 10.6. The lowest BCUT2D eigenvalue weighted by Gasteiger charge is -2.28. The molecule has 1 aliphatic rings. The van der Waals surface area contributed by atoms with E-state index in [1.165, 1.54) is 17.4 Å². The molecular formula is C26H33Cl2N5O4S. The lowest BCUT2D eigenvalue weighted by atomic mass is 10.1. The van der Waals surface area contributed by atoms with Gasteiger partial charge in [0.15, 0.2) is 5.13 Å². The zero-order valence-corrected chi connectivity index (χ0v) is 24.2. The predicted octanol–water partition coefficient (Wildman–Crippen LogP) is 6.27. The van der Waals surface area contributed by atoms with Crippen LogP contribution in [0.25, 0.3) is 10.2 Å². The number of piperidine rings is 1. The van der Waals surface area contributed by atoms with E-state index in [4.69, 9.17) is 21.3 Å². The van der Waals surface area contributed by atoms with Crippen LogP contribution in [0.5, 0.6) is 5.75 Å². The van der Waals surface area contributed by atoms with Gasteiger partial charge in [0.2, 0.25) is 0 Å². The highest BCUT2D eigenvalue weighted by molar-refractivity contribution is 7.23. The lowest BCUT2D eigenvalue weighted by Crippen LogP contribution is -2.39. The van der Waals surface area contributed by atoms with Gasteiger partial charge in [0.1, 0.15) is 17.0 Å². The van der Waals surface area contributed by atoms with E-state index in [1.807, 2.05) is 4.90 Å². The summed E-state index contributed by atoms with van der Waals surface area (Å²) in [5, 5.41) is 13.0. The molecule has 0 unspecified atom stereocenters. The summed E-state index contributed by atoms with van der Waals surface area (Å²) in [7, 11) is 1.56. The van der Waals surface area contributed by atoms with Crippen LogP contribution in [0, 0.1) is 10.1 Å². The number of nitrogens with zero attached hydrogens (tertiary/aromatic N) is 5. The number of anilines is 2. The molecule has 0 bridgehead atoms. The molecule has 9 nitrogen and oxygen atoms in total. The van der Waals surface area contributed by atoms with Crippen molar-refractivity contribution in [3.63, 3.8) is 0 Å². The van der Waals surface area contributed by atoms with E-state index >= 15 is 0 Å². The highest BCUT2D eigenvalue weighted by Crippen LogP contribution is 2.39. The molecule has 12 heteroatoms. The van der Waals surface area contributed by atoms with Gasteiger partial charge < -0.3 is 14.5 Å². The Hall–Kier alpha value is -2.66. The summed E-state index contributed by atoms with van der Waals surface area (Å²) < 4.78 is 6.19. The summed E-state index contributed by atoms with van der Waals surface area (Å²) >= 11 is 7.75. The number of aromatic nitrogens is 1. The summed E-state index contributed by atoms with van der Waals surface area (Å²) in [6.45, 7) is 8.38. The fourth-order valence-electron chi connectivity index (χ4n) is 4.65. The van der Waals surface area contributed by atoms with Gasteiger partial charge in [-0.05, 0) is 56.6 Å². The number of thiazole rings is 1. The minimum atomic E-state index is -0.400. The van der Waals surface area contributed by atoms with Crippen LogP contribution in [0.3, 0.4) is 0 Å². The molecule has 0 radical (unpaired) electrons. The highest BCUT2D eigenvalue weighted by Gasteiger charge is 2.28. The van der Waals surface area contributed by atoms with E-state index in [-0.39, 0.29) is 29.6 Å². The van der Waals surface area contributed by atoms with Crippen LogP contribution >= 0.6 is 35.3 Å². The van der Waals surface area contributed by atoms with Gasteiger partial charge in [0, 0.05) is 37.8 Å². The third kappa shape index (κ3) is 6.31. The summed E-state index contributed by atoms with van der Waals surface area (Å²) in [5.41, 5.74) is 1.35. The first-order valence-corrected chi connectivity index (χ1v) is 13.8. The maximum atomic E-state index is 13.9. The molecule has 1 saturated heterocycles. The molecule has 0 N–H and O–H groups in total. The molecular weight excluding hydrogens is 549 g/mol. The number of nitro groups is 1. The average molecular weight is 583 g/mol. The van der Waals surface area contributed by atoms with Crippen molar-refractivity contribution in [1.29, 1.82) is 0 Å². The van der Waals surface area contributed by atoms with Crippen molar-refractivity contribution in [3.05, 3.63) is 51.0 Å². The molecule has 0 saturated carbocycles. The number of nitro benzene ring substituents is 1. The zero-order valence-electron chi connectivity index (χ0n) is 21.8. The number of benzene rings is 2. The Bertz CT molecular complexity index is 1280. The van der Waals surface area contributed by atoms with Gasteiger partial charge in [-0.1, -0.05) is 36.8 Å². The van der Waals surface area contributed by atoms with E-state index in [0.717, 1.165) is 50.1 Å². The molecule has 0 atom stereocenters. The van der Waals surface area contributed by atoms with Crippen molar-refractivity contribution >= 4 is 68.0 Å². The molecule has 0 spiro atoms. The van der Waals surface area contributed by atoms with Crippen molar-refractivity contribution in [2.75, 3.05) is 56.2 Å². The molecule has 1 aliphatic heterocycles. The van der Waals surface area contributed by atoms with Crippen molar-refractivity contribution in [2.45, 2.75) is 33.1 Å². The number of halogens is 2. The number of ether oxygens (including phenoxy) is 1. The fourth-order valence-corrected chi connectivity index (χ4v) is 5.93. The van der Waals surface area contributed by atoms with E-state index in [1.54, 1.807) is 36.3 Å². The van der Waals surface area contributed by atoms with Gasteiger partial charge in [-0.25, -0.2) is 4.98 Å². The molecule has 38 heavy (non-hydrogen) atoms. The summed E-state index contributed by atoms with van der Waals surface area (Å²) in [5.74, 6) is 0.231. The molecule has 4 rings (SSSR count). The number of hydrogen-bond donors (Lipinski definition) is 0. The maximum Gasteiger partial charge on any atom is 0.293 e. The number of carbonyl (C=O) groups excluding carboxylic acids is 1. The summed E-state index contributed by atoms with van der Waals surface area (Å²) in [6, 6.07) is 8.29. The van der Waals surface area contributed by atoms with Gasteiger partial charge >= 0.3 is 0 Å².